The number of imidazole rings is 1. The molecule has 0 atom stereocenters. The lowest BCUT2D eigenvalue weighted by atomic mass is 10.2. The van der Waals surface area contributed by atoms with Gasteiger partial charge < -0.3 is 19.9 Å². The molecule has 10 nitrogen and oxygen atoms in total. The van der Waals surface area contributed by atoms with Gasteiger partial charge in [-0.15, -0.1) is 0 Å². The number of carbonyl (C=O) groups is 1. The van der Waals surface area contributed by atoms with Crippen molar-refractivity contribution in [1.82, 2.24) is 29.5 Å². The topological polar surface area (TPSA) is 120 Å². The van der Waals surface area contributed by atoms with Crippen molar-refractivity contribution in [3.63, 3.8) is 0 Å². The molecule has 0 fully saturated rings. The summed E-state index contributed by atoms with van der Waals surface area (Å²) in [4.78, 5) is 32.8. The van der Waals surface area contributed by atoms with Gasteiger partial charge in [-0.05, 0) is 35.9 Å². The number of pyridine rings is 2. The maximum absolute atomic E-state index is 13.4. The molecule has 39 heavy (non-hydrogen) atoms. The van der Waals surface area contributed by atoms with Crippen LogP contribution in [-0.4, -0.2) is 42.5 Å². The summed E-state index contributed by atoms with van der Waals surface area (Å²) in [7, 11) is 1.58. The first-order chi connectivity index (χ1) is 18.7. The van der Waals surface area contributed by atoms with Crippen molar-refractivity contribution in [2.45, 2.75) is 19.6 Å². The molecule has 2 N–H and O–H groups in total. The Kier molecular flexibility index (Phi) is 6.79. The van der Waals surface area contributed by atoms with E-state index < -0.39 is 11.9 Å². The molecular formula is C26H21F3N8O2. The van der Waals surface area contributed by atoms with Crippen LogP contribution in [0.1, 0.15) is 18.2 Å². The summed E-state index contributed by atoms with van der Waals surface area (Å²) in [5, 5.41) is 5.72. The summed E-state index contributed by atoms with van der Waals surface area (Å²) in [5.41, 5.74) is 1.10. The number of rotatable bonds is 7. The molecule has 4 aromatic heterocycles. The minimum atomic E-state index is -4.63. The highest BCUT2D eigenvalue weighted by Gasteiger charge is 2.32. The van der Waals surface area contributed by atoms with Crippen LogP contribution in [0.15, 0.2) is 67.1 Å². The predicted molar refractivity (Wildman–Crippen MR) is 137 cm³/mol. The van der Waals surface area contributed by atoms with Crippen LogP contribution in [0.2, 0.25) is 0 Å². The summed E-state index contributed by atoms with van der Waals surface area (Å²) in [6, 6.07) is 14.2. The van der Waals surface area contributed by atoms with Crippen molar-refractivity contribution < 1.29 is 22.7 Å². The number of hydrogen-bond acceptors (Lipinski definition) is 8. The van der Waals surface area contributed by atoms with Crippen molar-refractivity contribution >= 4 is 34.4 Å². The number of alkyl halides is 3. The van der Waals surface area contributed by atoms with Gasteiger partial charge in [0.15, 0.2) is 22.8 Å². The Hall–Kier alpha value is -5.07. The third-order valence-corrected chi connectivity index (χ3v) is 5.57. The van der Waals surface area contributed by atoms with Gasteiger partial charge in [0, 0.05) is 24.9 Å². The van der Waals surface area contributed by atoms with Crippen LogP contribution in [0, 0.1) is 0 Å². The highest BCUT2D eigenvalue weighted by Crippen LogP contribution is 2.31. The number of benzene rings is 1. The molecule has 0 unspecified atom stereocenters. The molecule has 0 radical (unpaired) electrons. The Bertz CT molecular complexity index is 1650. The van der Waals surface area contributed by atoms with E-state index in [-0.39, 0.29) is 23.2 Å². The number of carbonyl (C=O) groups excluding carboxylic acids is 1. The van der Waals surface area contributed by atoms with Crippen molar-refractivity contribution in [2.75, 3.05) is 17.7 Å². The molecule has 0 spiro atoms. The van der Waals surface area contributed by atoms with Crippen LogP contribution < -0.4 is 15.4 Å². The normalized spacial score (nSPS) is 11.4. The molecule has 5 aromatic rings. The van der Waals surface area contributed by atoms with Crippen LogP contribution in [0.4, 0.5) is 30.5 Å². The van der Waals surface area contributed by atoms with Crippen molar-refractivity contribution in [1.29, 1.82) is 0 Å². The quantitative estimate of drug-likeness (QED) is 0.297. The average molecular weight is 535 g/mol. The Morgan fingerprint density at radius 2 is 1.82 bits per heavy atom. The van der Waals surface area contributed by atoms with E-state index in [1.54, 1.807) is 30.1 Å². The molecule has 198 valence electrons. The van der Waals surface area contributed by atoms with Gasteiger partial charge in [-0.25, -0.2) is 24.9 Å². The van der Waals surface area contributed by atoms with E-state index in [0.29, 0.717) is 35.0 Å². The maximum Gasteiger partial charge on any atom is 0.433 e. The number of ether oxygens (including phenoxy) is 1. The highest BCUT2D eigenvalue weighted by atomic mass is 19.4. The van der Waals surface area contributed by atoms with Crippen LogP contribution in [0.25, 0.3) is 22.7 Å². The van der Waals surface area contributed by atoms with E-state index in [4.69, 9.17) is 4.74 Å². The molecule has 0 aliphatic rings. The molecule has 0 aliphatic carbocycles. The number of nitrogens with zero attached hydrogens (tertiary/aromatic N) is 6. The van der Waals surface area contributed by atoms with Gasteiger partial charge in [0.2, 0.25) is 5.91 Å². The van der Waals surface area contributed by atoms with E-state index in [0.717, 1.165) is 11.6 Å². The zero-order valence-corrected chi connectivity index (χ0v) is 20.7. The SMILES string of the molecule is COc1ccc(Cn2cnc3c(Nc4ccnc(NC(C)=O)c4)nc(-c4cccc(C(F)(F)F)n4)nc32)cc1. The number of halogens is 3. The van der Waals surface area contributed by atoms with Gasteiger partial charge in [0.25, 0.3) is 0 Å². The van der Waals surface area contributed by atoms with Crippen molar-refractivity contribution in [3.05, 3.63) is 78.4 Å². The van der Waals surface area contributed by atoms with Gasteiger partial charge in [-0.2, -0.15) is 13.2 Å². The van der Waals surface area contributed by atoms with Crippen LogP contribution >= 0.6 is 0 Å². The number of anilines is 3. The molecule has 5 rings (SSSR count). The minimum Gasteiger partial charge on any atom is -0.497 e. The number of hydrogen-bond donors (Lipinski definition) is 2. The number of amides is 1. The molecule has 1 aromatic carbocycles. The molecule has 1 amide bonds. The second-order valence-electron chi connectivity index (χ2n) is 8.43. The van der Waals surface area contributed by atoms with Crippen molar-refractivity contribution in [3.8, 4) is 17.3 Å². The molecule has 0 saturated heterocycles. The Morgan fingerprint density at radius 1 is 1.03 bits per heavy atom. The summed E-state index contributed by atoms with van der Waals surface area (Å²) in [6.45, 7) is 1.74. The lowest BCUT2D eigenvalue weighted by Gasteiger charge is -2.12. The molecule has 0 bridgehead atoms. The van der Waals surface area contributed by atoms with E-state index in [1.165, 1.54) is 25.3 Å². The van der Waals surface area contributed by atoms with E-state index >= 15 is 0 Å². The minimum absolute atomic E-state index is 0.0243. The van der Waals surface area contributed by atoms with Crippen LogP contribution in [0.3, 0.4) is 0 Å². The second-order valence-corrected chi connectivity index (χ2v) is 8.43. The predicted octanol–water partition coefficient (Wildman–Crippen LogP) is 5.06. The largest absolute Gasteiger partial charge is 0.497 e. The third kappa shape index (κ3) is 5.76. The molecule has 4 heterocycles. The smallest absolute Gasteiger partial charge is 0.433 e. The molecule has 0 saturated carbocycles. The average Bonchev–Trinajstić information content (AvgIpc) is 3.31. The highest BCUT2D eigenvalue weighted by molar-refractivity contribution is 5.89. The lowest BCUT2D eigenvalue weighted by Crippen LogP contribution is -2.09. The Morgan fingerprint density at radius 3 is 2.54 bits per heavy atom. The van der Waals surface area contributed by atoms with Crippen LogP contribution in [-0.2, 0) is 17.5 Å². The number of aromatic nitrogens is 6. The lowest BCUT2D eigenvalue weighted by molar-refractivity contribution is -0.141. The first-order valence-corrected chi connectivity index (χ1v) is 11.6. The van der Waals surface area contributed by atoms with Gasteiger partial charge in [-0.1, -0.05) is 18.2 Å². The van der Waals surface area contributed by atoms with Gasteiger partial charge >= 0.3 is 6.18 Å². The monoisotopic (exact) mass is 534 g/mol. The number of fused-ring (bicyclic) bond motifs is 1. The summed E-state index contributed by atoms with van der Waals surface area (Å²) < 4.78 is 47.1. The standard InChI is InChI=1S/C26H21F3N8O2/c1-15(38)32-21-12-17(10-11-30-21)33-24-22-25(37(14-31-22)13-16-6-8-18(39-2)9-7-16)36-23(35-24)19-4-3-5-20(34-19)26(27,28)29/h3-12,14H,13H2,1-2H3,(H2,30,32,33,35,36,38). The summed E-state index contributed by atoms with van der Waals surface area (Å²) in [6.07, 6.45) is -1.56. The fourth-order valence-corrected chi connectivity index (χ4v) is 3.80. The first kappa shape index (κ1) is 25.6. The Labute approximate surface area is 219 Å². The zero-order valence-electron chi connectivity index (χ0n) is 20.7. The first-order valence-electron chi connectivity index (χ1n) is 11.6. The zero-order chi connectivity index (χ0) is 27.6. The summed E-state index contributed by atoms with van der Waals surface area (Å²) >= 11 is 0. The van der Waals surface area contributed by atoms with Crippen molar-refractivity contribution in [2.24, 2.45) is 0 Å². The molecule has 0 aliphatic heterocycles. The van der Waals surface area contributed by atoms with E-state index in [9.17, 15) is 18.0 Å². The van der Waals surface area contributed by atoms with Gasteiger partial charge in [0.05, 0.1) is 20.0 Å². The second kappa shape index (κ2) is 10.4. The number of methoxy groups -OCH3 is 1. The molecular weight excluding hydrogens is 513 g/mol. The Balaban J connectivity index is 1.60. The third-order valence-electron chi connectivity index (χ3n) is 5.57. The van der Waals surface area contributed by atoms with E-state index in [1.807, 2.05) is 24.3 Å². The fraction of sp³-hybridized carbons (Fsp3) is 0.154. The molecule has 13 heteroatoms. The maximum atomic E-state index is 13.4. The van der Waals surface area contributed by atoms with Gasteiger partial charge in [-0.3, -0.25) is 4.79 Å². The van der Waals surface area contributed by atoms with Crippen LogP contribution in [0.5, 0.6) is 5.75 Å². The van der Waals surface area contributed by atoms with E-state index in [2.05, 4.69) is 35.6 Å². The fourth-order valence-electron chi connectivity index (χ4n) is 3.80. The number of nitrogens with one attached hydrogen (secondary N) is 2. The van der Waals surface area contributed by atoms with Gasteiger partial charge in [0.1, 0.15) is 23.0 Å². The summed E-state index contributed by atoms with van der Waals surface area (Å²) in [5.74, 6) is 0.935.